The number of carbonyl (C=O) groups is 1. The Balaban J connectivity index is 1.49. The van der Waals surface area contributed by atoms with Crippen LogP contribution in [0.3, 0.4) is 0 Å². The van der Waals surface area contributed by atoms with Gasteiger partial charge >= 0.3 is 0 Å². The maximum absolute atomic E-state index is 11.3. The first-order chi connectivity index (χ1) is 8.26. The fourth-order valence-electron chi connectivity index (χ4n) is 3.64. The van der Waals surface area contributed by atoms with Crippen molar-refractivity contribution in [3.8, 4) is 0 Å². The number of rotatable bonds is 3. The monoisotopic (exact) mass is 239 g/mol. The minimum absolute atomic E-state index is 0.185. The van der Waals surface area contributed by atoms with E-state index in [0.29, 0.717) is 0 Å². The summed E-state index contributed by atoms with van der Waals surface area (Å²) in [7, 11) is 0. The van der Waals surface area contributed by atoms with Crippen LogP contribution in [0, 0.1) is 5.92 Å². The van der Waals surface area contributed by atoms with Crippen LogP contribution in [0.25, 0.3) is 0 Å². The quantitative estimate of drug-likeness (QED) is 0.413. The Morgan fingerprint density at radius 3 is 2.88 bits per heavy atom. The lowest BCUT2D eigenvalue weighted by molar-refractivity contribution is -0.132. The molecule has 2 aliphatic heterocycles. The van der Waals surface area contributed by atoms with Gasteiger partial charge in [-0.25, -0.2) is 5.84 Å². The predicted molar refractivity (Wildman–Crippen MR) is 62.9 cm³/mol. The maximum atomic E-state index is 11.3. The highest BCUT2D eigenvalue weighted by Crippen LogP contribution is 2.38. The zero-order valence-electron chi connectivity index (χ0n) is 10.1. The Hall–Kier alpha value is -0.650. The third-order valence-corrected chi connectivity index (χ3v) is 4.50. The van der Waals surface area contributed by atoms with Crippen molar-refractivity contribution in [2.45, 2.75) is 50.4 Å². The molecule has 0 spiro atoms. The molecule has 3 aliphatic rings. The Morgan fingerprint density at radius 1 is 1.35 bits per heavy atom. The van der Waals surface area contributed by atoms with Gasteiger partial charge in [-0.15, -0.1) is 0 Å². The van der Waals surface area contributed by atoms with Crippen molar-refractivity contribution in [3.05, 3.63) is 0 Å². The Kier molecular flexibility index (Phi) is 3.06. The van der Waals surface area contributed by atoms with Gasteiger partial charge in [-0.05, 0) is 38.0 Å². The van der Waals surface area contributed by atoms with Crippen LogP contribution < -0.4 is 11.3 Å². The number of hydrogen-bond donors (Lipinski definition) is 2. The van der Waals surface area contributed by atoms with Crippen LogP contribution >= 0.6 is 0 Å². The molecule has 4 unspecified atom stereocenters. The number of amides is 1. The fraction of sp³-hybridized carbons (Fsp3) is 0.917. The molecular formula is C12H21N3O2. The first-order valence-electron chi connectivity index (χ1n) is 6.66. The van der Waals surface area contributed by atoms with Crippen molar-refractivity contribution in [3.63, 3.8) is 0 Å². The van der Waals surface area contributed by atoms with Crippen molar-refractivity contribution in [2.24, 2.45) is 11.8 Å². The molecule has 96 valence electrons. The molecule has 1 amide bonds. The molecule has 2 bridgehead atoms. The van der Waals surface area contributed by atoms with E-state index in [1.165, 1.54) is 25.8 Å². The van der Waals surface area contributed by atoms with Gasteiger partial charge in [0, 0.05) is 19.1 Å². The molecule has 3 fully saturated rings. The summed E-state index contributed by atoms with van der Waals surface area (Å²) in [6.45, 7) is 2.23. The smallest absolute Gasteiger partial charge is 0.263 e. The van der Waals surface area contributed by atoms with Crippen LogP contribution in [-0.4, -0.2) is 42.1 Å². The summed E-state index contributed by atoms with van der Waals surface area (Å²) < 4.78 is 5.75. The second kappa shape index (κ2) is 4.55. The third kappa shape index (κ3) is 2.19. The summed E-state index contributed by atoms with van der Waals surface area (Å²) in [4.78, 5) is 13.9. The van der Waals surface area contributed by atoms with Gasteiger partial charge < -0.3 is 4.74 Å². The molecule has 0 aromatic carbocycles. The second-order valence-electron chi connectivity index (χ2n) is 5.62. The van der Waals surface area contributed by atoms with E-state index in [2.05, 4.69) is 10.3 Å². The molecule has 5 heteroatoms. The van der Waals surface area contributed by atoms with Gasteiger partial charge in [0.1, 0.15) is 6.10 Å². The van der Waals surface area contributed by atoms with Crippen molar-refractivity contribution in [1.29, 1.82) is 0 Å². The summed E-state index contributed by atoms with van der Waals surface area (Å²) in [6.07, 6.45) is 5.80. The van der Waals surface area contributed by atoms with E-state index < -0.39 is 0 Å². The lowest BCUT2D eigenvalue weighted by atomic mass is 10.1. The van der Waals surface area contributed by atoms with Crippen LogP contribution in [0.15, 0.2) is 0 Å². The van der Waals surface area contributed by atoms with Gasteiger partial charge in [0.15, 0.2) is 0 Å². The molecule has 4 atom stereocenters. The van der Waals surface area contributed by atoms with Gasteiger partial charge in [-0.2, -0.15) is 0 Å². The zero-order valence-corrected chi connectivity index (χ0v) is 10.1. The highest BCUT2D eigenvalue weighted by Gasteiger charge is 2.40. The molecule has 2 heterocycles. The number of nitrogens with one attached hydrogen (secondary N) is 1. The van der Waals surface area contributed by atoms with Crippen LogP contribution in [0.1, 0.15) is 32.1 Å². The molecule has 0 radical (unpaired) electrons. The van der Waals surface area contributed by atoms with E-state index >= 15 is 0 Å². The van der Waals surface area contributed by atoms with Crippen LogP contribution in [-0.2, 0) is 9.53 Å². The van der Waals surface area contributed by atoms with Gasteiger partial charge in [0.2, 0.25) is 0 Å². The minimum atomic E-state index is -0.329. The van der Waals surface area contributed by atoms with E-state index in [-0.39, 0.29) is 18.1 Å². The lowest BCUT2D eigenvalue weighted by Gasteiger charge is -2.29. The predicted octanol–water partition coefficient (Wildman–Crippen LogP) is 0.00820. The lowest BCUT2D eigenvalue weighted by Crippen LogP contribution is -2.41. The number of nitrogens with zero attached hydrogens (tertiary/aromatic N) is 1. The molecule has 17 heavy (non-hydrogen) atoms. The molecular weight excluding hydrogens is 218 g/mol. The number of nitrogens with two attached hydrogens (primary N) is 1. The Bertz CT molecular complexity index is 310. The van der Waals surface area contributed by atoms with E-state index in [9.17, 15) is 4.79 Å². The summed E-state index contributed by atoms with van der Waals surface area (Å²) >= 11 is 0. The zero-order chi connectivity index (χ0) is 11.8. The van der Waals surface area contributed by atoms with Crippen molar-refractivity contribution < 1.29 is 9.53 Å². The first-order valence-corrected chi connectivity index (χ1v) is 6.66. The van der Waals surface area contributed by atoms with Gasteiger partial charge in [-0.1, -0.05) is 0 Å². The number of carbonyl (C=O) groups excluding carboxylic acids is 1. The van der Waals surface area contributed by atoms with Crippen molar-refractivity contribution in [2.75, 3.05) is 13.1 Å². The number of fused-ring (bicyclic) bond motifs is 2. The average molecular weight is 239 g/mol. The van der Waals surface area contributed by atoms with E-state index in [0.717, 1.165) is 31.3 Å². The molecule has 2 saturated heterocycles. The summed E-state index contributed by atoms with van der Waals surface area (Å²) in [5, 5.41) is 0. The van der Waals surface area contributed by atoms with Crippen LogP contribution in [0.5, 0.6) is 0 Å². The highest BCUT2D eigenvalue weighted by atomic mass is 16.5. The van der Waals surface area contributed by atoms with Gasteiger partial charge in [-0.3, -0.25) is 15.1 Å². The van der Waals surface area contributed by atoms with E-state index in [4.69, 9.17) is 10.6 Å². The topological polar surface area (TPSA) is 67.6 Å². The molecule has 0 aromatic heterocycles. The molecule has 3 N–H and O–H groups in total. The molecule has 5 nitrogen and oxygen atoms in total. The Morgan fingerprint density at radius 2 is 2.24 bits per heavy atom. The standard InChI is InChI=1S/C12H21N3O2/c13-14-12(16)11-4-3-10(17-11)7-15-6-8-1-2-9(15)5-8/h8-11H,1-7,13H2,(H,14,16). The van der Waals surface area contributed by atoms with Crippen LogP contribution in [0.4, 0.5) is 0 Å². The number of hydrogen-bond acceptors (Lipinski definition) is 4. The number of hydrazine groups is 1. The number of likely N-dealkylation sites (tertiary alicyclic amines) is 1. The molecule has 0 aromatic rings. The number of ether oxygens (including phenoxy) is 1. The van der Waals surface area contributed by atoms with E-state index in [1.54, 1.807) is 0 Å². The van der Waals surface area contributed by atoms with Gasteiger partial charge in [0.05, 0.1) is 6.10 Å². The first kappa shape index (κ1) is 11.4. The highest BCUT2D eigenvalue weighted by molar-refractivity contribution is 5.80. The largest absolute Gasteiger partial charge is 0.364 e. The van der Waals surface area contributed by atoms with Crippen molar-refractivity contribution >= 4 is 5.91 Å². The normalized spacial score (nSPS) is 41.0. The van der Waals surface area contributed by atoms with Crippen LogP contribution in [0.2, 0.25) is 0 Å². The number of piperidine rings is 1. The Labute approximate surface area is 102 Å². The summed E-state index contributed by atoms with van der Waals surface area (Å²) in [5.41, 5.74) is 2.17. The van der Waals surface area contributed by atoms with E-state index in [1.807, 2.05) is 0 Å². The van der Waals surface area contributed by atoms with Crippen molar-refractivity contribution in [1.82, 2.24) is 10.3 Å². The fourth-order valence-corrected chi connectivity index (χ4v) is 3.64. The summed E-state index contributed by atoms with van der Waals surface area (Å²) in [6, 6.07) is 0.783. The second-order valence-corrected chi connectivity index (χ2v) is 5.62. The maximum Gasteiger partial charge on any atom is 0.263 e. The molecule has 1 saturated carbocycles. The summed E-state index contributed by atoms with van der Waals surface area (Å²) in [5.74, 6) is 5.86. The minimum Gasteiger partial charge on any atom is -0.364 e. The SMILES string of the molecule is NNC(=O)C1CCC(CN2CC3CCC2C3)O1. The average Bonchev–Trinajstić information content (AvgIpc) is 3.03. The molecule has 3 rings (SSSR count). The molecule has 1 aliphatic carbocycles. The van der Waals surface area contributed by atoms with Gasteiger partial charge in [0.25, 0.3) is 5.91 Å². The third-order valence-electron chi connectivity index (χ3n) is 4.50.